The van der Waals surface area contributed by atoms with E-state index in [1.54, 1.807) is 6.92 Å². The minimum Gasteiger partial charge on any atom is -0.368 e. The maximum absolute atomic E-state index is 11.9. The van der Waals surface area contributed by atoms with Crippen LogP contribution >= 0.6 is 0 Å². The highest BCUT2D eigenvalue weighted by atomic mass is 16.5. The van der Waals surface area contributed by atoms with Crippen LogP contribution in [0.3, 0.4) is 0 Å². The van der Waals surface area contributed by atoms with Gasteiger partial charge in [0.25, 0.3) is 0 Å². The number of rotatable bonds is 7. The summed E-state index contributed by atoms with van der Waals surface area (Å²) in [6, 6.07) is 7.41. The van der Waals surface area contributed by atoms with E-state index in [-0.39, 0.29) is 11.8 Å². The monoisotopic (exact) mass is 290 g/mol. The quantitative estimate of drug-likeness (QED) is 0.808. The SMILES string of the molecule is CC(=O)Nc1cccc(CNC(=O)C(C)OCC2CC2)c1. The Morgan fingerprint density at radius 2 is 2.14 bits per heavy atom. The van der Waals surface area contributed by atoms with Crippen molar-refractivity contribution in [2.24, 2.45) is 5.92 Å². The van der Waals surface area contributed by atoms with Crippen molar-refractivity contribution in [3.8, 4) is 0 Å². The molecule has 5 heteroatoms. The molecule has 1 unspecified atom stereocenters. The molecule has 0 aliphatic heterocycles. The van der Waals surface area contributed by atoms with Gasteiger partial charge in [-0.1, -0.05) is 12.1 Å². The second-order valence-corrected chi connectivity index (χ2v) is 5.52. The van der Waals surface area contributed by atoms with E-state index in [4.69, 9.17) is 4.74 Å². The number of amides is 2. The van der Waals surface area contributed by atoms with Gasteiger partial charge in [0.15, 0.2) is 0 Å². The first-order valence-electron chi connectivity index (χ1n) is 7.30. The Balaban J connectivity index is 1.78. The van der Waals surface area contributed by atoms with Crippen molar-refractivity contribution in [3.63, 3.8) is 0 Å². The van der Waals surface area contributed by atoms with E-state index < -0.39 is 6.10 Å². The summed E-state index contributed by atoms with van der Waals surface area (Å²) in [4.78, 5) is 22.9. The van der Waals surface area contributed by atoms with E-state index in [0.717, 1.165) is 11.3 Å². The standard InChI is InChI=1S/C16H22N2O3/c1-11(21-10-13-6-7-13)16(20)17-9-14-4-3-5-15(8-14)18-12(2)19/h3-5,8,11,13H,6-7,9-10H2,1-2H3,(H,17,20)(H,18,19). The summed E-state index contributed by atoms with van der Waals surface area (Å²) in [7, 11) is 0. The van der Waals surface area contributed by atoms with E-state index in [9.17, 15) is 9.59 Å². The van der Waals surface area contributed by atoms with Gasteiger partial charge in [-0.2, -0.15) is 0 Å². The van der Waals surface area contributed by atoms with Crippen LogP contribution in [0.25, 0.3) is 0 Å². The minimum absolute atomic E-state index is 0.111. The molecule has 0 spiro atoms. The maximum atomic E-state index is 11.9. The Morgan fingerprint density at radius 1 is 1.38 bits per heavy atom. The van der Waals surface area contributed by atoms with Crippen LogP contribution in [0, 0.1) is 5.92 Å². The summed E-state index contributed by atoms with van der Waals surface area (Å²) < 4.78 is 5.52. The average molecular weight is 290 g/mol. The van der Waals surface area contributed by atoms with Crippen molar-refractivity contribution in [1.29, 1.82) is 0 Å². The third-order valence-electron chi connectivity index (χ3n) is 3.36. The molecule has 1 atom stereocenters. The molecule has 0 heterocycles. The molecule has 0 bridgehead atoms. The summed E-state index contributed by atoms with van der Waals surface area (Å²) in [5.41, 5.74) is 1.66. The number of carbonyl (C=O) groups excluding carboxylic acids is 2. The number of carbonyl (C=O) groups is 2. The van der Waals surface area contributed by atoms with E-state index in [0.29, 0.717) is 19.1 Å². The molecule has 2 rings (SSSR count). The minimum atomic E-state index is -0.427. The Kier molecular flexibility index (Phi) is 5.33. The van der Waals surface area contributed by atoms with Crippen LogP contribution in [0.2, 0.25) is 0 Å². The van der Waals surface area contributed by atoms with Gasteiger partial charge < -0.3 is 15.4 Å². The molecule has 2 N–H and O–H groups in total. The first-order valence-corrected chi connectivity index (χ1v) is 7.30. The lowest BCUT2D eigenvalue weighted by Crippen LogP contribution is -2.34. The summed E-state index contributed by atoms with van der Waals surface area (Å²) >= 11 is 0. The summed E-state index contributed by atoms with van der Waals surface area (Å²) in [6.45, 7) is 4.33. The zero-order chi connectivity index (χ0) is 15.2. The molecular formula is C16H22N2O3. The third kappa shape index (κ3) is 5.55. The molecule has 1 aromatic rings. The van der Waals surface area contributed by atoms with E-state index in [1.165, 1.54) is 19.8 Å². The lowest BCUT2D eigenvalue weighted by Gasteiger charge is -2.13. The third-order valence-corrected chi connectivity index (χ3v) is 3.36. The average Bonchev–Trinajstić information content (AvgIpc) is 3.26. The molecule has 1 fully saturated rings. The van der Waals surface area contributed by atoms with Crippen LogP contribution in [0.4, 0.5) is 5.69 Å². The second-order valence-electron chi connectivity index (χ2n) is 5.52. The summed E-state index contributed by atoms with van der Waals surface area (Å²) in [5.74, 6) is 0.424. The van der Waals surface area contributed by atoms with Crippen molar-refractivity contribution in [3.05, 3.63) is 29.8 Å². The van der Waals surface area contributed by atoms with Gasteiger partial charge in [0, 0.05) is 19.2 Å². The normalized spacial score (nSPS) is 15.3. The fourth-order valence-corrected chi connectivity index (χ4v) is 1.94. The highest BCUT2D eigenvalue weighted by Gasteiger charge is 2.23. The fraction of sp³-hybridized carbons (Fsp3) is 0.500. The van der Waals surface area contributed by atoms with Gasteiger partial charge in [0.2, 0.25) is 11.8 Å². The van der Waals surface area contributed by atoms with Gasteiger partial charge in [-0.05, 0) is 43.4 Å². The number of hydrogen-bond acceptors (Lipinski definition) is 3. The van der Waals surface area contributed by atoms with Gasteiger partial charge in [0.05, 0.1) is 6.61 Å². The number of anilines is 1. The number of benzene rings is 1. The van der Waals surface area contributed by atoms with Gasteiger partial charge in [-0.3, -0.25) is 9.59 Å². The van der Waals surface area contributed by atoms with Crippen molar-refractivity contribution in [2.75, 3.05) is 11.9 Å². The highest BCUT2D eigenvalue weighted by molar-refractivity contribution is 5.88. The molecule has 114 valence electrons. The Labute approximate surface area is 125 Å². The summed E-state index contributed by atoms with van der Waals surface area (Å²) in [6.07, 6.45) is 2.00. The van der Waals surface area contributed by atoms with E-state index >= 15 is 0 Å². The van der Waals surface area contributed by atoms with Crippen LogP contribution in [0.1, 0.15) is 32.3 Å². The molecule has 0 aromatic heterocycles. The zero-order valence-electron chi connectivity index (χ0n) is 12.5. The predicted octanol–water partition coefficient (Wildman–Crippen LogP) is 2.08. The molecular weight excluding hydrogens is 268 g/mol. The number of hydrogen-bond donors (Lipinski definition) is 2. The van der Waals surface area contributed by atoms with Crippen LogP contribution in [-0.4, -0.2) is 24.5 Å². The second kappa shape index (κ2) is 7.22. The van der Waals surface area contributed by atoms with Crippen molar-refractivity contribution in [1.82, 2.24) is 5.32 Å². The lowest BCUT2D eigenvalue weighted by atomic mass is 10.2. The first-order chi connectivity index (χ1) is 10.0. The Morgan fingerprint density at radius 3 is 2.81 bits per heavy atom. The van der Waals surface area contributed by atoms with Crippen molar-refractivity contribution >= 4 is 17.5 Å². The largest absolute Gasteiger partial charge is 0.368 e. The number of ether oxygens (including phenoxy) is 1. The number of nitrogens with one attached hydrogen (secondary N) is 2. The molecule has 1 saturated carbocycles. The van der Waals surface area contributed by atoms with Gasteiger partial charge in [-0.15, -0.1) is 0 Å². The topological polar surface area (TPSA) is 67.4 Å². The van der Waals surface area contributed by atoms with Crippen molar-refractivity contribution < 1.29 is 14.3 Å². The molecule has 2 amide bonds. The highest BCUT2D eigenvalue weighted by Crippen LogP contribution is 2.29. The Hall–Kier alpha value is -1.88. The molecule has 5 nitrogen and oxygen atoms in total. The van der Waals surface area contributed by atoms with Crippen LogP contribution < -0.4 is 10.6 Å². The lowest BCUT2D eigenvalue weighted by molar-refractivity contribution is -0.132. The molecule has 1 aliphatic rings. The maximum Gasteiger partial charge on any atom is 0.249 e. The van der Waals surface area contributed by atoms with E-state index in [1.807, 2.05) is 24.3 Å². The zero-order valence-corrected chi connectivity index (χ0v) is 12.5. The van der Waals surface area contributed by atoms with Crippen LogP contribution in [0.5, 0.6) is 0 Å². The van der Waals surface area contributed by atoms with Gasteiger partial charge in [-0.25, -0.2) is 0 Å². The smallest absolute Gasteiger partial charge is 0.249 e. The van der Waals surface area contributed by atoms with Gasteiger partial charge >= 0.3 is 0 Å². The molecule has 0 saturated heterocycles. The molecule has 0 radical (unpaired) electrons. The fourth-order valence-electron chi connectivity index (χ4n) is 1.94. The predicted molar refractivity (Wildman–Crippen MR) is 80.7 cm³/mol. The Bertz CT molecular complexity index is 512. The molecule has 1 aromatic carbocycles. The van der Waals surface area contributed by atoms with E-state index in [2.05, 4.69) is 10.6 Å². The van der Waals surface area contributed by atoms with Crippen LogP contribution in [0.15, 0.2) is 24.3 Å². The molecule has 21 heavy (non-hydrogen) atoms. The molecule has 1 aliphatic carbocycles. The van der Waals surface area contributed by atoms with Gasteiger partial charge in [0.1, 0.15) is 6.10 Å². The summed E-state index contributed by atoms with van der Waals surface area (Å²) in [5, 5.41) is 5.57. The van der Waals surface area contributed by atoms with Crippen molar-refractivity contribution in [2.45, 2.75) is 39.3 Å². The van der Waals surface area contributed by atoms with Crippen LogP contribution in [-0.2, 0) is 20.9 Å². The first kappa shape index (κ1) is 15.5.